The molecule has 0 atom stereocenters. The quantitative estimate of drug-likeness (QED) is 0.786. The average Bonchev–Trinajstić information content (AvgIpc) is 3.16. The normalized spacial score (nSPS) is 20.5. The monoisotopic (exact) mass is 394 g/mol. The van der Waals surface area contributed by atoms with E-state index in [9.17, 15) is 8.78 Å². The second-order valence-corrected chi connectivity index (χ2v) is 8.30. The van der Waals surface area contributed by atoms with Gasteiger partial charge in [-0.1, -0.05) is 6.08 Å². The Morgan fingerprint density at radius 2 is 2.00 bits per heavy atom. The fraction of sp³-hybridized carbons (Fsp3) is 0.435. The van der Waals surface area contributed by atoms with Gasteiger partial charge in [-0.3, -0.25) is 4.98 Å². The van der Waals surface area contributed by atoms with Crippen molar-refractivity contribution < 1.29 is 8.78 Å². The molecule has 4 nitrogen and oxygen atoms in total. The maximum absolute atomic E-state index is 13.3. The van der Waals surface area contributed by atoms with Crippen LogP contribution in [-0.2, 0) is 12.8 Å². The maximum atomic E-state index is 13.3. The summed E-state index contributed by atoms with van der Waals surface area (Å²) in [6.07, 6.45) is 14.1. The van der Waals surface area contributed by atoms with E-state index in [2.05, 4.69) is 33.5 Å². The second-order valence-electron chi connectivity index (χ2n) is 8.30. The first kappa shape index (κ1) is 18.4. The Kier molecular flexibility index (Phi) is 4.64. The van der Waals surface area contributed by atoms with Crippen LogP contribution < -0.4 is 5.32 Å². The molecule has 3 aliphatic carbocycles. The predicted octanol–water partition coefficient (Wildman–Crippen LogP) is 5.08. The second kappa shape index (κ2) is 7.32. The number of anilines is 1. The average molecular weight is 394 g/mol. The molecular formula is C23H24F2N4. The predicted molar refractivity (Wildman–Crippen MR) is 110 cm³/mol. The molecule has 29 heavy (non-hydrogen) atoms. The molecule has 2 aromatic heterocycles. The summed E-state index contributed by atoms with van der Waals surface area (Å²) < 4.78 is 26.6. The van der Waals surface area contributed by atoms with Gasteiger partial charge in [0, 0.05) is 50.0 Å². The molecule has 0 saturated heterocycles. The van der Waals surface area contributed by atoms with E-state index in [0.29, 0.717) is 25.3 Å². The van der Waals surface area contributed by atoms with E-state index in [-0.39, 0.29) is 18.8 Å². The fourth-order valence-electron chi connectivity index (χ4n) is 4.57. The number of aryl methyl sites for hydroxylation is 1. The Morgan fingerprint density at radius 1 is 1.14 bits per heavy atom. The minimum absolute atomic E-state index is 0.00850. The van der Waals surface area contributed by atoms with Gasteiger partial charge in [0.25, 0.3) is 0 Å². The summed E-state index contributed by atoms with van der Waals surface area (Å²) >= 11 is 0. The molecule has 0 amide bonds. The van der Waals surface area contributed by atoms with Gasteiger partial charge >= 0.3 is 0 Å². The number of hydrogen-bond acceptors (Lipinski definition) is 4. The van der Waals surface area contributed by atoms with Crippen LogP contribution in [0.25, 0.3) is 11.6 Å². The Balaban J connectivity index is 1.26. The first-order valence-corrected chi connectivity index (χ1v) is 10.4. The number of fused-ring (bicyclic) bond motifs is 2. The Morgan fingerprint density at radius 3 is 2.86 bits per heavy atom. The van der Waals surface area contributed by atoms with Crippen molar-refractivity contribution in [3.63, 3.8) is 0 Å². The molecule has 0 spiro atoms. The minimum atomic E-state index is -2.48. The van der Waals surface area contributed by atoms with Gasteiger partial charge in [-0.2, -0.15) is 0 Å². The summed E-state index contributed by atoms with van der Waals surface area (Å²) in [4.78, 5) is 13.4. The molecule has 0 bridgehead atoms. The number of rotatable bonds is 4. The van der Waals surface area contributed by atoms with Gasteiger partial charge < -0.3 is 5.32 Å². The lowest BCUT2D eigenvalue weighted by atomic mass is 9.87. The van der Waals surface area contributed by atoms with E-state index in [0.717, 1.165) is 30.5 Å². The van der Waals surface area contributed by atoms with Crippen molar-refractivity contribution in [2.24, 2.45) is 5.92 Å². The molecule has 2 aromatic rings. The summed E-state index contributed by atoms with van der Waals surface area (Å²) in [6, 6.07) is 2.09. The summed E-state index contributed by atoms with van der Waals surface area (Å²) in [5.41, 5.74) is 7.23. The third-order valence-electron chi connectivity index (χ3n) is 6.33. The van der Waals surface area contributed by atoms with Crippen LogP contribution in [0, 0.1) is 5.92 Å². The van der Waals surface area contributed by atoms with Gasteiger partial charge in [-0.15, -0.1) is 0 Å². The molecule has 0 unspecified atom stereocenters. The number of nitrogens with zero attached hydrogens (tertiary/aromatic N) is 3. The molecule has 150 valence electrons. The third kappa shape index (κ3) is 3.80. The molecular weight excluding hydrogens is 370 g/mol. The number of halogens is 2. The highest BCUT2D eigenvalue weighted by atomic mass is 19.3. The topological polar surface area (TPSA) is 50.7 Å². The van der Waals surface area contributed by atoms with Crippen molar-refractivity contribution in [1.82, 2.24) is 15.0 Å². The number of allylic oxidation sites excluding steroid dienone is 3. The minimum Gasteiger partial charge on any atom is -0.354 e. The smallest absolute Gasteiger partial charge is 0.248 e. The van der Waals surface area contributed by atoms with Crippen molar-refractivity contribution >= 4 is 17.6 Å². The van der Waals surface area contributed by atoms with E-state index < -0.39 is 5.92 Å². The van der Waals surface area contributed by atoms with Crippen molar-refractivity contribution in [1.29, 1.82) is 0 Å². The fourth-order valence-corrected chi connectivity index (χ4v) is 4.57. The van der Waals surface area contributed by atoms with Gasteiger partial charge in [-0.05, 0) is 66.0 Å². The van der Waals surface area contributed by atoms with Gasteiger partial charge in [0.05, 0.1) is 5.69 Å². The van der Waals surface area contributed by atoms with Gasteiger partial charge in [0.15, 0.2) is 0 Å². The lowest BCUT2D eigenvalue weighted by Crippen LogP contribution is -2.28. The molecule has 6 heteroatoms. The highest BCUT2D eigenvalue weighted by Crippen LogP contribution is 2.38. The van der Waals surface area contributed by atoms with Crippen LogP contribution in [0.2, 0.25) is 0 Å². The van der Waals surface area contributed by atoms with Crippen molar-refractivity contribution in [2.45, 2.75) is 50.9 Å². The van der Waals surface area contributed by atoms with Crippen molar-refractivity contribution in [3.05, 3.63) is 58.7 Å². The van der Waals surface area contributed by atoms with Gasteiger partial charge in [0.1, 0.15) is 0 Å². The zero-order valence-electron chi connectivity index (χ0n) is 16.3. The Labute approximate surface area is 169 Å². The van der Waals surface area contributed by atoms with Crippen molar-refractivity contribution in [2.75, 3.05) is 11.9 Å². The highest BCUT2D eigenvalue weighted by Gasteiger charge is 2.34. The van der Waals surface area contributed by atoms with Crippen LogP contribution in [0.15, 0.2) is 36.3 Å². The summed E-state index contributed by atoms with van der Waals surface area (Å²) in [5, 5.41) is 3.27. The maximum Gasteiger partial charge on any atom is 0.248 e. The van der Waals surface area contributed by atoms with E-state index >= 15 is 0 Å². The Bertz CT molecular complexity index is 986. The molecule has 0 radical (unpaired) electrons. The zero-order valence-corrected chi connectivity index (χ0v) is 16.3. The van der Waals surface area contributed by atoms with E-state index in [1.807, 2.05) is 18.6 Å². The van der Waals surface area contributed by atoms with E-state index in [4.69, 9.17) is 4.98 Å². The lowest BCUT2D eigenvalue weighted by Gasteiger charge is -2.28. The molecule has 2 heterocycles. The van der Waals surface area contributed by atoms with Crippen LogP contribution in [-0.4, -0.2) is 27.4 Å². The first-order chi connectivity index (χ1) is 14.1. The summed E-state index contributed by atoms with van der Waals surface area (Å²) in [7, 11) is 0. The number of aromatic nitrogens is 3. The SMILES string of the molecule is FC1(F)CCC(CNc2ncc3c(n2)CC=C3C2=Cc3cnccc3CC2)CC1. The van der Waals surface area contributed by atoms with Gasteiger partial charge in [0.2, 0.25) is 11.9 Å². The van der Waals surface area contributed by atoms with Gasteiger partial charge in [-0.25, -0.2) is 18.7 Å². The molecule has 1 fully saturated rings. The number of alkyl halides is 2. The van der Waals surface area contributed by atoms with Crippen LogP contribution >= 0.6 is 0 Å². The summed E-state index contributed by atoms with van der Waals surface area (Å²) in [5.74, 6) is -1.61. The third-order valence-corrected chi connectivity index (χ3v) is 6.33. The largest absolute Gasteiger partial charge is 0.354 e. The molecule has 1 saturated carbocycles. The Hall–Kier alpha value is -2.63. The first-order valence-electron chi connectivity index (χ1n) is 10.4. The van der Waals surface area contributed by atoms with E-state index in [1.165, 1.54) is 22.3 Å². The van der Waals surface area contributed by atoms with E-state index in [1.54, 1.807) is 0 Å². The van der Waals surface area contributed by atoms with Crippen LogP contribution in [0.1, 0.15) is 54.5 Å². The highest BCUT2D eigenvalue weighted by molar-refractivity contribution is 5.88. The molecule has 3 aliphatic rings. The van der Waals surface area contributed by atoms with Crippen LogP contribution in [0.4, 0.5) is 14.7 Å². The van der Waals surface area contributed by atoms with Crippen molar-refractivity contribution in [3.8, 4) is 0 Å². The molecule has 1 N–H and O–H groups in total. The van der Waals surface area contributed by atoms with Crippen LogP contribution in [0.5, 0.6) is 0 Å². The molecule has 0 aliphatic heterocycles. The lowest BCUT2D eigenvalue weighted by molar-refractivity contribution is -0.0443. The summed E-state index contributed by atoms with van der Waals surface area (Å²) in [6.45, 7) is 0.657. The molecule has 5 rings (SSSR count). The number of nitrogens with one attached hydrogen (secondary N) is 1. The molecule has 0 aromatic carbocycles. The number of hydrogen-bond donors (Lipinski definition) is 1. The van der Waals surface area contributed by atoms with Crippen LogP contribution in [0.3, 0.4) is 0 Å². The zero-order chi connectivity index (χ0) is 19.8. The number of pyridine rings is 1. The standard InChI is InChI=1S/C23H24F2N4/c24-23(25)8-5-15(6-9-23)12-27-22-28-14-20-19(3-4-21(20)29-22)17-2-1-16-7-10-26-13-18(16)11-17/h3,7,10-11,13-15H,1-2,4-6,8-9,12H2,(H,27,28,29).